The van der Waals surface area contributed by atoms with Gasteiger partial charge in [-0.15, -0.1) is 0 Å². The fourth-order valence-electron chi connectivity index (χ4n) is 2.81. The zero-order chi connectivity index (χ0) is 11.7. The van der Waals surface area contributed by atoms with Crippen LogP contribution in [0.4, 0.5) is 0 Å². The Morgan fingerprint density at radius 1 is 1.06 bits per heavy atom. The van der Waals surface area contributed by atoms with Gasteiger partial charge < -0.3 is 4.90 Å². The van der Waals surface area contributed by atoms with E-state index in [2.05, 4.69) is 9.88 Å². The van der Waals surface area contributed by atoms with Gasteiger partial charge in [0.15, 0.2) is 0 Å². The third-order valence-electron chi connectivity index (χ3n) is 3.82. The lowest BCUT2D eigenvalue weighted by atomic mass is 10.1. The van der Waals surface area contributed by atoms with E-state index < -0.39 is 0 Å². The molecular weight excluding hydrogens is 212 g/mol. The van der Waals surface area contributed by atoms with E-state index in [-0.39, 0.29) is 5.91 Å². The predicted molar refractivity (Wildman–Crippen MR) is 65.7 cm³/mol. The lowest BCUT2D eigenvalue weighted by Crippen LogP contribution is -2.40. The van der Waals surface area contributed by atoms with E-state index in [4.69, 9.17) is 0 Å². The Morgan fingerprint density at radius 2 is 1.65 bits per heavy atom. The molecule has 1 aromatic heterocycles. The van der Waals surface area contributed by atoms with Gasteiger partial charge in [-0.2, -0.15) is 0 Å². The first-order chi connectivity index (χ1) is 8.36. The highest BCUT2D eigenvalue weighted by Gasteiger charge is 2.38. The SMILES string of the molecule is O=C(c1ccncc1)N(C1CCCC1)C1CC1. The molecule has 0 saturated heterocycles. The molecule has 0 aliphatic heterocycles. The number of nitrogens with zero attached hydrogens (tertiary/aromatic N) is 2. The first-order valence-electron chi connectivity index (χ1n) is 6.59. The summed E-state index contributed by atoms with van der Waals surface area (Å²) in [6.07, 6.45) is 10.7. The van der Waals surface area contributed by atoms with Gasteiger partial charge in [0.05, 0.1) is 0 Å². The van der Waals surface area contributed by atoms with Crippen LogP contribution in [-0.2, 0) is 0 Å². The molecule has 90 valence electrons. The number of carbonyl (C=O) groups excluding carboxylic acids is 1. The molecule has 17 heavy (non-hydrogen) atoms. The third kappa shape index (κ3) is 2.19. The maximum atomic E-state index is 12.5. The number of rotatable bonds is 3. The Balaban J connectivity index is 1.81. The van der Waals surface area contributed by atoms with E-state index in [1.165, 1.54) is 38.5 Å². The van der Waals surface area contributed by atoms with Gasteiger partial charge in [-0.3, -0.25) is 9.78 Å². The third-order valence-corrected chi connectivity index (χ3v) is 3.82. The highest BCUT2D eigenvalue weighted by Crippen LogP contribution is 2.35. The maximum Gasteiger partial charge on any atom is 0.254 e. The minimum absolute atomic E-state index is 0.210. The molecule has 1 aromatic rings. The monoisotopic (exact) mass is 230 g/mol. The van der Waals surface area contributed by atoms with Gasteiger partial charge in [0.2, 0.25) is 0 Å². The van der Waals surface area contributed by atoms with Crippen molar-refractivity contribution in [2.24, 2.45) is 0 Å². The molecule has 2 fully saturated rings. The van der Waals surface area contributed by atoms with E-state index in [0.717, 1.165) is 5.56 Å². The number of pyridine rings is 1. The second-order valence-electron chi connectivity index (χ2n) is 5.12. The highest BCUT2D eigenvalue weighted by molar-refractivity contribution is 5.94. The smallest absolute Gasteiger partial charge is 0.254 e. The summed E-state index contributed by atoms with van der Waals surface area (Å²) in [5, 5.41) is 0. The van der Waals surface area contributed by atoms with Crippen molar-refractivity contribution in [2.75, 3.05) is 0 Å². The molecule has 3 rings (SSSR count). The topological polar surface area (TPSA) is 33.2 Å². The minimum atomic E-state index is 0.210. The van der Waals surface area contributed by atoms with Crippen molar-refractivity contribution in [1.82, 2.24) is 9.88 Å². The van der Waals surface area contributed by atoms with Crippen LogP contribution in [0, 0.1) is 0 Å². The molecule has 1 heterocycles. The number of amides is 1. The second kappa shape index (κ2) is 4.47. The van der Waals surface area contributed by atoms with E-state index in [1.54, 1.807) is 12.4 Å². The minimum Gasteiger partial charge on any atom is -0.333 e. The quantitative estimate of drug-likeness (QED) is 0.799. The van der Waals surface area contributed by atoms with Crippen LogP contribution >= 0.6 is 0 Å². The number of carbonyl (C=O) groups is 1. The number of aromatic nitrogens is 1. The van der Waals surface area contributed by atoms with E-state index in [0.29, 0.717) is 12.1 Å². The van der Waals surface area contributed by atoms with Crippen molar-refractivity contribution in [3.8, 4) is 0 Å². The molecule has 0 aromatic carbocycles. The lowest BCUT2D eigenvalue weighted by molar-refractivity contribution is 0.0664. The zero-order valence-electron chi connectivity index (χ0n) is 10.0. The zero-order valence-corrected chi connectivity index (χ0v) is 10.0. The summed E-state index contributed by atoms with van der Waals surface area (Å²) in [6, 6.07) is 4.65. The highest BCUT2D eigenvalue weighted by atomic mass is 16.2. The van der Waals surface area contributed by atoms with Gasteiger partial charge in [0.1, 0.15) is 0 Å². The van der Waals surface area contributed by atoms with Gasteiger partial charge in [-0.1, -0.05) is 12.8 Å². The Kier molecular flexibility index (Phi) is 2.83. The molecule has 2 saturated carbocycles. The fraction of sp³-hybridized carbons (Fsp3) is 0.571. The van der Waals surface area contributed by atoms with E-state index in [9.17, 15) is 4.79 Å². The molecule has 0 N–H and O–H groups in total. The van der Waals surface area contributed by atoms with E-state index in [1.807, 2.05) is 12.1 Å². The molecule has 2 aliphatic carbocycles. The summed E-state index contributed by atoms with van der Waals surface area (Å²) >= 11 is 0. The largest absolute Gasteiger partial charge is 0.333 e. The number of hydrogen-bond acceptors (Lipinski definition) is 2. The standard InChI is InChI=1S/C14H18N2O/c17-14(11-7-9-15-10-8-11)16(13-5-6-13)12-3-1-2-4-12/h7-10,12-13H,1-6H2. The van der Waals surface area contributed by atoms with Crippen LogP contribution in [0.2, 0.25) is 0 Å². The van der Waals surface area contributed by atoms with Crippen molar-refractivity contribution >= 4 is 5.91 Å². The summed E-state index contributed by atoms with van der Waals surface area (Å²) in [5.74, 6) is 0.210. The van der Waals surface area contributed by atoms with Crippen molar-refractivity contribution < 1.29 is 4.79 Å². The first kappa shape index (κ1) is 10.8. The van der Waals surface area contributed by atoms with Crippen LogP contribution in [0.5, 0.6) is 0 Å². The average Bonchev–Trinajstić information content (AvgIpc) is 3.05. The molecule has 2 aliphatic rings. The summed E-state index contributed by atoms with van der Waals surface area (Å²) in [4.78, 5) is 18.6. The van der Waals surface area contributed by atoms with E-state index >= 15 is 0 Å². The first-order valence-corrected chi connectivity index (χ1v) is 6.59. The van der Waals surface area contributed by atoms with Gasteiger partial charge in [0, 0.05) is 30.0 Å². The Morgan fingerprint density at radius 3 is 2.24 bits per heavy atom. The van der Waals surface area contributed by atoms with Crippen LogP contribution < -0.4 is 0 Å². The normalized spacial score (nSPS) is 20.5. The Hall–Kier alpha value is -1.38. The summed E-state index contributed by atoms with van der Waals surface area (Å²) in [6.45, 7) is 0. The van der Waals surface area contributed by atoms with Gasteiger partial charge in [-0.25, -0.2) is 0 Å². The summed E-state index contributed by atoms with van der Waals surface area (Å²) in [7, 11) is 0. The molecule has 1 amide bonds. The van der Waals surface area contributed by atoms with Crippen molar-refractivity contribution in [3.63, 3.8) is 0 Å². The van der Waals surface area contributed by atoms with Gasteiger partial charge in [-0.05, 0) is 37.8 Å². The van der Waals surface area contributed by atoms with Crippen molar-refractivity contribution in [1.29, 1.82) is 0 Å². The van der Waals surface area contributed by atoms with Crippen molar-refractivity contribution in [2.45, 2.75) is 50.6 Å². The Labute approximate surface area is 102 Å². The molecule has 3 nitrogen and oxygen atoms in total. The van der Waals surface area contributed by atoms with Crippen molar-refractivity contribution in [3.05, 3.63) is 30.1 Å². The maximum absolute atomic E-state index is 12.5. The molecular formula is C14H18N2O. The molecule has 0 unspecified atom stereocenters. The van der Waals surface area contributed by atoms with Crippen LogP contribution in [0.3, 0.4) is 0 Å². The molecule has 0 spiro atoms. The lowest BCUT2D eigenvalue weighted by Gasteiger charge is -2.29. The predicted octanol–water partition coefficient (Wildman–Crippen LogP) is 2.63. The van der Waals surface area contributed by atoms with Crippen LogP contribution in [0.1, 0.15) is 48.9 Å². The van der Waals surface area contributed by atoms with Gasteiger partial charge in [0.25, 0.3) is 5.91 Å². The van der Waals surface area contributed by atoms with Crippen LogP contribution in [0.25, 0.3) is 0 Å². The summed E-state index contributed by atoms with van der Waals surface area (Å²) < 4.78 is 0. The molecule has 3 heteroatoms. The molecule has 0 radical (unpaired) electrons. The number of hydrogen-bond donors (Lipinski definition) is 0. The summed E-state index contributed by atoms with van der Waals surface area (Å²) in [5.41, 5.74) is 0.791. The van der Waals surface area contributed by atoms with Crippen LogP contribution in [-0.4, -0.2) is 27.9 Å². The average molecular weight is 230 g/mol. The second-order valence-corrected chi connectivity index (χ2v) is 5.12. The molecule has 0 bridgehead atoms. The molecule has 0 atom stereocenters. The Bertz CT molecular complexity index is 394. The fourth-order valence-corrected chi connectivity index (χ4v) is 2.81. The van der Waals surface area contributed by atoms with Gasteiger partial charge >= 0.3 is 0 Å². The van der Waals surface area contributed by atoms with Crippen LogP contribution in [0.15, 0.2) is 24.5 Å².